The van der Waals surface area contributed by atoms with E-state index in [0.717, 1.165) is 6.04 Å². The van der Waals surface area contributed by atoms with Crippen LogP contribution < -0.4 is 0 Å². The molecule has 5 heteroatoms. The molecule has 0 aliphatic rings. The second kappa shape index (κ2) is 9.08. The molecule has 4 nitrogen and oxygen atoms in total. The predicted molar refractivity (Wildman–Crippen MR) is 81.0 cm³/mol. The van der Waals surface area contributed by atoms with E-state index in [2.05, 4.69) is 19.6 Å². The summed E-state index contributed by atoms with van der Waals surface area (Å²) in [4.78, 5) is 0. The Morgan fingerprint density at radius 3 is 2.05 bits per heavy atom. The molecule has 0 aliphatic heterocycles. The van der Waals surface area contributed by atoms with Crippen molar-refractivity contribution in [3.05, 3.63) is 0 Å². The summed E-state index contributed by atoms with van der Waals surface area (Å²) in [6.45, 7) is 13.5. The van der Waals surface area contributed by atoms with Crippen molar-refractivity contribution in [1.29, 1.82) is 0 Å². The highest BCUT2D eigenvalue weighted by Crippen LogP contribution is 2.13. The van der Waals surface area contributed by atoms with Gasteiger partial charge in [-0.1, -0.05) is 33.5 Å². The first-order valence-electron chi connectivity index (χ1n) is 7.19. The fourth-order valence-corrected chi connectivity index (χ4v) is 2.17. The number of rotatable bonds is 10. The van der Waals surface area contributed by atoms with E-state index in [4.69, 9.17) is 9.47 Å². The van der Waals surface area contributed by atoms with E-state index in [1.807, 2.05) is 13.8 Å². The van der Waals surface area contributed by atoms with Crippen LogP contribution in [0.3, 0.4) is 0 Å². The summed E-state index contributed by atoms with van der Waals surface area (Å²) in [5.41, 5.74) is 0. The summed E-state index contributed by atoms with van der Waals surface area (Å²) in [7, 11) is -1.05. The van der Waals surface area contributed by atoms with Crippen molar-refractivity contribution in [2.75, 3.05) is 13.4 Å². The molecule has 0 radical (unpaired) electrons. The Kier molecular flexibility index (Phi) is 9.10. The highest BCUT2D eigenvalue weighted by atomic mass is 28.3. The van der Waals surface area contributed by atoms with E-state index in [-0.39, 0.29) is 18.8 Å². The molecule has 0 aromatic heterocycles. The fourth-order valence-electron chi connectivity index (χ4n) is 1.42. The number of aliphatic hydroxyl groups excluding tert-OH is 2. The van der Waals surface area contributed by atoms with Gasteiger partial charge in [0.15, 0.2) is 0 Å². The molecule has 0 aromatic rings. The van der Waals surface area contributed by atoms with Gasteiger partial charge in [-0.05, 0) is 18.9 Å². The number of aliphatic hydroxyl groups is 2. The van der Waals surface area contributed by atoms with Crippen molar-refractivity contribution in [1.82, 2.24) is 0 Å². The van der Waals surface area contributed by atoms with Crippen molar-refractivity contribution in [2.24, 2.45) is 5.92 Å². The Hall–Kier alpha value is 0.0569. The molecule has 116 valence electrons. The van der Waals surface area contributed by atoms with Crippen LogP contribution >= 0.6 is 0 Å². The Bertz CT molecular complexity index is 228. The van der Waals surface area contributed by atoms with Crippen LogP contribution in [0.1, 0.15) is 27.2 Å². The van der Waals surface area contributed by atoms with Crippen LogP contribution in [0.15, 0.2) is 0 Å². The molecule has 0 saturated heterocycles. The third-order valence-electron chi connectivity index (χ3n) is 3.21. The maximum atomic E-state index is 9.89. The van der Waals surface area contributed by atoms with Crippen LogP contribution in [-0.4, -0.2) is 50.0 Å². The van der Waals surface area contributed by atoms with Crippen LogP contribution in [0, 0.1) is 5.92 Å². The molecule has 0 fully saturated rings. The van der Waals surface area contributed by atoms with E-state index >= 15 is 0 Å². The first kappa shape index (κ1) is 19.1. The predicted octanol–water partition coefficient (Wildman–Crippen LogP) is 2.47. The lowest BCUT2D eigenvalue weighted by Crippen LogP contribution is -2.32. The molecule has 0 spiro atoms. The zero-order chi connectivity index (χ0) is 15.1. The van der Waals surface area contributed by atoms with Gasteiger partial charge in [0.1, 0.15) is 6.79 Å². The number of hydrogen-bond acceptors (Lipinski definition) is 4. The summed E-state index contributed by atoms with van der Waals surface area (Å²) in [5.74, 6) is 0.148. The minimum absolute atomic E-state index is 0.148. The van der Waals surface area contributed by atoms with Gasteiger partial charge in [0, 0.05) is 21.1 Å². The Labute approximate surface area is 119 Å². The number of hydrogen-bond donors (Lipinski definition) is 2. The normalized spacial score (nSPS) is 17.5. The fraction of sp³-hybridized carbons (Fsp3) is 1.00. The largest absolute Gasteiger partial charge is 0.393 e. The molecule has 2 N–H and O–H groups in total. The first-order chi connectivity index (χ1) is 8.63. The van der Waals surface area contributed by atoms with Crippen LogP contribution in [0.5, 0.6) is 0 Å². The minimum atomic E-state index is -1.05. The van der Waals surface area contributed by atoms with Gasteiger partial charge in [-0.2, -0.15) is 0 Å². The maximum absolute atomic E-state index is 9.89. The highest BCUT2D eigenvalue weighted by Gasteiger charge is 2.21. The molecule has 19 heavy (non-hydrogen) atoms. The molecular weight excluding hydrogens is 260 g/mol. The Morgan fingerprint density at radius 1 is 1.00 bits per heavy atom. The maximum Gasteiger partial charge on any atom is 0.147 e. The minimum Gasteiger partial charge on any atom is -0.393 e. The van der Waals surface area contributed by atoms with E-state index < -0.39 is 20.3 Å². The molecule has 0 unspecified atom stereocenters. The third kappa shape index (κ3) is 10.5. The average Bonchev–Trinajstić information content (AvgIpc) is 2.26. The Morgan fingerprint density at radius 2 is 1.58 bits per heavy atom. The molecule has 0 heterocycles. The Balaban J connectivity index is 3.71. The van der Waals surface area contributed by atoms with Crippen molar-refractivity contribution in [2.45, 2.75) is 71.2 Å². The van der Waals surface area contributed by atoms with Gasteiger partial charge in [0.05, 0.1) is 18.3 Å². The summed E-state index contributed by atoms with van der Waals surface area (Å²) in [6.07, 6.45) is -1.12. The standard InChI is InChI=1S/C14H32O4Si/c1-11(2)13(15)9-14(16)12(3)18-10-17-7-8-19(4,5)6/h11-16H,7-10H2,1-6H3/t12-,13+,14-/m1/s1. The van der Waals surface area contributed by atoms with Crippen molar-refractivity contribution in [3.8, 4) is 0 Å². The van der Waals surface area contributed by atoms with E-state index in [9.17, 15) is 10.2 Å². The van der Waals surface area contributed by atoms with Gasteiger partial charge < -0.3 is 19.7 Å². The summed E-state index contributed by atoms with van der Waals surface area (Å²) in [6, 6.07) is 1.11. The molecule has 3 atom stereocenters. The second-order valence-corrected chi connectivity index (χ2v) is 12.4. The third-order valence-corrected chi connectivity index (χ3v) is 4.91. The molecular formula is C14H32O4Si. The van der Waals surface area contributed by atoms with Crippen LogP contribution in [0.4, 0.5) is 0 Å². The average molecular weight is 292 g/mol. The topological polar surface area (TPSA) is 58.9 Å². The van der Waals surface area contributed by atoms with Gasteiger partial charge >= 0.3 is 0 Å². The monoisotopic (exact) mass is 292 g/mol. The molecule has 0 amide bonds. The lowest BCUT2D eigenvalue weighted by atomic mass is 9.99. The number of ether oxygens (including phenoxy) is 2. The van der Waals surface area contributed by atoms with Crippen molar-refractivity contribution >= 4 is 8.07 Å². The summed E-state index contributed by atoms with van der Waals surface area (Å²) < 4.78 is 10.9. The zero-order valence-electron chi connectivity index (χ0n) is 13.3. The molecule has 0 saturated carbocycles. The van der Waals surface area contributed by atoms with Crippen LogP contribution in [0.25, 0.3) is 0 Å². The summed E-state index contributed by atoms with van der Waals surface area (Å²) in [5, 5.41) is 19.6. The molecule has 0 bridgehead atoms. The van der Waals surface area contributed by atoms with Gasteiger partial charge in [0.25, 0.3) is 0 Å². The molecule has 0 aliphatic carbocycles. The smallest absolute Gasteiger partial charge is 0.147 e. The van der Waals surface area contributed by atoms with Crippen molar-refractivity contribution in [3.63, 3.8) is 0 Å². The van der Waals surface area contributed by atoms with Crippen molar-refractivity contribution < 1.29 is 19.7 Å². The van der Waals surface area contributed by atoms with Gasteiger partial charge in [0.2, 0.25) is 0 Å². The second-order valence-electron chi connectivity index (χ2n) is 6.82. The lowest BCUT2D eigenvalue weighted by Gasteiger charge is -2.23. The highest BCUT2D eigenvalue weighted by molar-refractivity contribution is 6.76. The van der Waals surface area contributed by atoms with Gasteiger partial charge in [-0.15, -0.1) is 0 Å². The van der Waals surface area contributed by atoms with Crippen LogP contribution in [0.2, 0.25) is 25.7 Å². The van der Waals surface area contributed by atoms with E-state index in [0.29, 0.717) is 13.0 Å². The van der Waals surface area contributed by atoms with Crippen LogP contribution in [-0.2, 0) is 9.47 Å². The van der Waals surface area contributed by atoms with E-state index in [1.165, 1.54) is 0 Å². The zero-order valence-corrected chi connectivity index (χ0v) is 14.3. The van der Waals surface area contributed by atoms with Gasteiger partial charge in [-0.3, -0.25) is 0 Å². The van der Waals surface area contributed by atoms with Gasteiger partial charge in [-0.25, -0.2) is 0 Å². The molecule has 0 rings (SSSR count). The lowest BCUT2D eigenvalue weighted by molar-refractivity contribution is -0.122. The quantitative estimate of drug-likeness (QED) is 0.369. The molecule has 0 aromatic carbocycles. The van der Waals surface area contributed by atoms with E-state index in [1.54, 1.807) is 6.92 Å². The SMILES string of the molecule is CC(C)[C@@H](O)C[C@@H](O)[C@@H](C)OCOCC[Si](C)(C)C. The summed E-state index contributed by atoms with van der Waals surface area (Å²) >= 11 is 0. The first-order valence-corrected chi connectivity index (χ1v) is 10.9.